The molecule has 0 radical (unpaired) electrons. The van der Waals surface area contributed by atoms with Crippen LogP contribution in [-0.2, 0) is 11.2 Å². The Kier molecular flexibility index (Phi) is 3.96. The van der Waals surface area contributed by atoms with E-state index in [1.807, 2.05) is 6.07 Å². The molecular weight excluding hydrogens is 284 g/mol. The first-order valence-electron chi connectivity index (χ1n) is 8.75. The van der Waals surface area contributed by atoms with E-state index in [1.54, 1.807) is 0 Å². The monoisotopic (exact) mass is 308 g/mol. The number of hydrogen-bond acceptors (Lipinski definition) is 2. The topological polar surface area (TPSA) is 29.5 Å². The van der Waals surface area contributed by atoms with Crippen molar-refractivity contribution in [2.45, 2.75) is 49.9 Å². The molecule has 2 nitrogen and oxygen atoms in total. The van der Waals surface area contributed by atoms with E-state index in [0.717, 1.165) is 25.7 Å². The molecule has 2 aliphatic rings. The highest BCUT2D eigenvalue weighted by atomic mass is 16.6. The van der Waals surface area contributed by atoms with Gasteiger partial charge in [0.25, 0.3) is 0 Å². The maximum absolute atomic E-state index is 11.1. The van der Waals surface area contributed by atoms with Crippen molar-refractivity contribution in [1.29, 1.82) is 0 Å². The Labute approximate surface area is 138 Å². The van der Waals surface area contributed by atoms with Gasteiger partial charge in [0.15, 0.2) is 5.79 Å². The van der Waals surface area contributed by atoms with Gasteiger partial charge in [0, 0.05) is 18.3 Å². The average Bonchev–Trinajstić information content (AvgIpc) is 2.88. The van der Waals surface area contributed by atoms with Gasteiger partial charge in [-0.2, -0.15) is 0 Å². The van der Waals surface area contributed by atoms with Crippen molar-refractivity contribution >= 4 is 0 Å². The molecule has 1 heterocycles. The number of aliphatic hydroxyl groups is 1. The maximum atomic E-state index is 11.1. The van der Waals surface area contributed by atoms with Crippen LogP contribution in [-0.4, -0.2) is 17.0 Å². The van der Waals surface area contributed by atoms with Crippen LogP contribution in [0.1, 0.15) is 42.7 Å². The molecule has 4 rings (SSSR count). The van der Waals surface area contributed by atoms with E-state index < -0.39 is 5.79 Å². The first kappa shape index (κ1) is 14.9. The van der Waals surface area contributed by atoms with E-state index in [2.05, 4.69) is 54.6 Å². The number of fused-ring (bicyclic) bond motifs is 1. The van der Waals surface area contributed by atoms with Gasteiger partial charge in [0.05, 0.1) is 6.10 Å². The zero-order chi connectivity index (χ0) is 15.7. The van der Waals surface area contributed by atoms with Gasteiger partial charge in [0.2, 0.25) is 0 Å². The Hall–Kier alpha value is -1.64. The van der Waals surface area contributed by atoms with Gasteiger partial charge in [-0.15, -0.1) is 0 Å². The minimum atomic E-state index is -0.932. The molecule has 120 valence electrons. The van der Waals surface area contributed by atoms with Crippen LogP contribution in [0.15, 0.2) is 60.7 Å². The highest BCUT2D eigenvalue weighted by Gasteiger charge is 2.54. The van der Waals surface area contributed by atoms with Gasteiger partial charge in [0.1, 0.15) is 0 Å². The van der Waals surface area contributed by atoms with Gasteiger partial charge in [-0.1, -0.05) is 67.1 Å². The Morgan fingerprint density at radius 2 is 1.65 bits per heavy atom. The van der Waals surface area contributed by atoms with Crippen LogP contribution < -0.4 is 0 Å². The van der Waals surface area contributed by atoms with Crippen LogP contribution in [0.5, 0.6) is 0 Å². The summed E-state index contributed by atoms with van der Waals surface area (Å²) in [7, 11) is 0. The van der Waals surface area contributed by atoms with E-state index in [4.69, 9.17) is 4.74 Å². The summed E-state index contributed by atoms with van der Waals surface area (Å²) in [4.78, 5) is 0. The van der Waals surface area contributed by atoms with Crippen LogP contribution in [0, 0.1) is 5.92 Å². The molecule has 2 aromatic rings. The van der Waals surface area contributed by atoms with Crippen molar-refractivity contribution in [2.75, 3.05) is 0 Å². The molecule has 0 aromatic heterocycles. The van der Waals surface area contributed by atoms with Gasteiger partial charge in [-0.3, -0.25) is 0 Å². The lowest BCUT2D eigenvalue weighted by Gasteiger charge is -2.34. The van der Waals surface area contributed by atoms with Crippen molar-refractivity contribution < 1.29 is 9.84 Å². The molecule has 1 aliphatic carbocycles. The number of ether oxygens (including phenoxy) is 1. The third-order valence-corrected chi connectivity index (χ3v) is 5.53. The lowest BCUT2D eigenvalue weighted by molar-refractivity contribution is -0.224. The second-order valence-electron chi connectivity index (χ2n) is 6.98. The highest BCUT2D eigenvalue weighted by molar-refractivity contribution is 5.27. The minimum absolute atomic E-state index is 0.0490. The summed E-state index contributed by atoms with van der Waals surface area (Å²) in [5, 5.41) is 11.1. The van der Waals surface area contributed by atoms with Gasteiger partial charge < -0.3 is 9.84 Å². The predicted molar refractivity (Wildman–Crippen MR) is 91.1 cm³/mol. The summed E-state index contributed by atoms with van der Waals surface area (Å²) in [6.45, 7) is 0. The van der Waals surface area contributed by atoms with E-state index in [0.29, 0.717) is 0 Å². The predicted octanol–water partition coefficient (Wildman–Crippen LogP) is 4.29. The van der Waals surface area contributed by atoms with E-state index in [1.165, 1.54) is 17.5 Å². The van der Waals surface area contributed by atoms with Crippen molar-refractivity contribution in [1.82, 2.24) is 0 Å². The molecule has 0 bridgehead atoms. The zero-order valence-corrected chi connectivity index (χ0v) is 13.4. The fourth-order valence-electron chi connectivity index (χ4n) is 4.49. The van der Waals surface area contributed by atoms with E-state index >= 15 is 0 Å². The second-order valence-corrected chi connectivity index (χ2v) is 6.98. The number of hydrogen-bond donors (Lipinski definition) is 1. The first-order valence-corrected chi connectivity index (χ1v) is 8.75. The lowest BCUT2D eigenvalue weighted by Crippen LogP contribution is -2.39. The van der Waals surface area contributed by atoms with Crippen LogP contribution in [0.2, 0.25) is 0 Å². The second kappa shape index (κ2) is 6.10. The average molecular weight is 308 g/mol. The van der Waals surface area contributed by atoms with E-state index in [-0.39, 0.29) is 17.9 Å². The Morgan fingerprint density at radius 1 is 0.957 bits per heavy atom. The van der Waals surface area contributed by atoms with Crippen LogP contribution in [0.3, 0.4) is 0 Å². The first-order chi connectivity index (χ1) is 11.3. The summed E-state index contributed by atoms with van der Waals surface area (Å²) in [5.74, 6) is -0.438. The third kappa shape index (κ3) is 2.82. The molecule has 2 aromatic carbocycles. The molecule has 4 atom stereocenters. The van der Waals surface area contributed by atoms with Gasteiger partial charge >= 0.3 is 0 Å². The third-order valence-electron chi connectivity index (χ3n) is 5.53. The molecular formula is C21H24O2. The van der Waals surface area contributed by atoms with Crippen molar-refractivity contribution in [3.05, 3.63) is 71.8 Å². The van der Waals surface area contributed by atoms with Crippen LogP contribution in [0.25, 0.3) is 0 Å². The molecule has 1 saturated carbocycles. The summed E-state index contributed by atoms with van der Waals surface area (Å²) >= 11 is 0. The Balaban J connectivity index is 1.68. The minimum Gasteiger partial charge on any atom is -0.365 e. The fraction of sp³-hybridized carbons (Fsp3) is 0.429. The zero-order valence-electron chi connectivity index (χ0n) is 13.4. The maximum Gasteiger partial charge on any atom is 0.169 e. The van der Waals surface area contributed by atoms with Crippen molar-refractivity contribution in [3.8, 4) is 0 Å². The summed E-state index contributed by atoms with van der Waals surface area (Å²) in [5.41, 5.74) is 2.58. The smallest absolute Gasteiger partial charge is 0.169 e. The molecule has 1 aliphatic heterocycles. The fourth-order valence-corrected chi connectivity index (χ4v) is 4.49. The Morgan fingerprint density at radius 3 is 2.39 bits per heavy atom. The van der Waals surface area contributed by atoms with E-state index in [9.17, 15) is 5.11 Å². The summed E-state index contributed by atoms with van der Waals surface area (Å²) in [6.07, 6.45) is 4.99. The number of benzene rings is 2. The Bertz CT molecular complexity index is 639. The standard InChI is InChI=1S/C21H24O2/c22-21-14-8-7-13-18(21)20(17-11-5-2-6-12-17)19(23-21)15-16-9-3-1-4-10-16/h1-6,9-12,18-20,22H,7-8,13-15H2. The highest BCUT2D eigenvalue weighted by Crippen LogP contribution is 2.52. The molecule has 2 fully saturated rings. The molecule has 1 N–H and O–H groups in total. The molecule has 0 spiro atoms. The van der Waals surface area contributed by atoms with Crippen LogP contribution >= 0.6 is 0 Å². The molecule has 2 heteroatoms. The van der Waals surface area contributed by atoms with Crippen LogP contribution in [0.4, 0.5) is 0 Å². The molecule has 23 heavy (non-hydrogen) atoms. The molecule has 1 saturated heterocycles. The lowest BCUT2D eigenvalue weighted by atomic mass is 9.73. The number of rotatable bonds is 3. The summed E-state index contributed by atoms with van der Waals surface area (Å²) < 4.78 is 6.28. The SMILES string of the molecule is OC12CCCCC1C(c1ccccc1)C(Cc1ccccc1)O2. The quantitative estimate of drug-likeness (QED) is 0.916. The van der Waals surface area contributed by atoms with Gasteiger partial charge in [-0.05, 0) is 30.4 Å². The largest absolute Gasteiger partial charge is 0.365 e. The molecule has 0 amide bonds. The van der Waals surface area contributed by atoms with Crippen molar-refractivity contribution in [3.63, 3.8) is 0 Å². The van der Waals surface area contributed by atoms with Gasteiger partial charge in [-0.25, -0.2) is 0 Å². The molecule has 4 unspecified atom stereocenters. The summed E-state index contributed by atoms with van der Waals surface area (Å²) in [6, 6.07) is 21.1. The van der Waals surface area contributed by atoms with Crippen molar-refractivity contribution in [2.24, 2.45) is 5.92 Å². The normalized spacial score (nSPS) is 33.3.